The number of anilines is 1. The highest BCUT2D eigenvalue weighted by Gasteiger charge is 2.11. The highest BCUT2D eigenvalue weighted by molar-refractivity contribution is 9.10. The monoisotopic (exact) mass is 267 g/mol. The van der Waals surface area contributed by atoms with Crippen molar-refractivity contribution in [3.63, 3.8) is 0 Å². The van der Waals surface area contributed by atoms with Crippen molar-refractivity contribution in [1.29, 1.82) is 0 Å². The van der Waals surface area contributed by atoms with E-state index < -0.39 is 0 Å². The lowest BCUT2D eigenvalue weighted by molar-refractivity contribution is 0.112. The summed E-state index contributed by atoms with van der Waals surface area (Å²) < 4.78 is 0.889. The van der Waals surface area contributed by atoms with Crippen molar-refractivity contribution in [1.82, 2.24) is 0 Å². The van der Waals surface area contributed by atoms with Crippen molar-refractivity contribution in [2.24, 2.45) is 0 Å². The predicted octanol–water partition coefficient (Wildman–Crippen LogP) is 3.25. The van der Waals surface area contributed by atoms with Crippen LogP contribution in [0, 0.1) is 0 Å². The first-order valence-corrected chi connectivity index (χ1v) is 6.10. The average molecular weight is 268 g/mol. The van der Waals surface area contributed by atoms with Gasteiger partial charge in [0.15, 0.2) is 6.29 Å². The van der Waals surface area contributed by atoms with E-state index in [1.54, 1.807) is 0 Å². The molecule has 0 aliphatic carbocycles. The summed E-state index contributed by atoms with van der Waals surface area (Å²) in [5.74, 6) is 0. The first-order valence-electron chi connectivity index (χ1n) is 5.31. The molecule has 2 rings (SSSR count). The number of halogens is 1. The number of rotatable bonds is 2. The molecule has 3 heteroatoms. The Morgan fingerprint density at radius 1 is 1.20 bits per heavy atom. The van der Waals surface area contributed by atoms with E-state index in [0.29, 0.717) is 0 Å². The van der Waals surface area contributed by atoms with Crippen molar-refractivity contribution in [2.45, 2.75) is 19.3 Å². The number of nitrogens with zero attached hydrogens (tertiary/aromatic N) is 1. The fourth-order valence-corrected chi connectivity index (χ4v) is 2.42. The highest BCUT2D eigenvalue weighted by Crippen LogP contribution is 2.25. The topological polar surface area (TPSA) is 20.3 Å². The maximum Gasteiger partial charge on any atom is 0.151 e. The van der Waals surface area contributed by atoms with E-state index in [0.717, 1.165) is 29.4 Å². The van der Waals surface area contributed by atoms with Gasteiger partial charge in [0.2, 0.25) is 0 Å². The quantitative estimate of drug-likeness (QED) is 0.767. The molecule has 0 unspecified atom stereocenters. The van der Waals surface area contributed by atoms with Crippen LogP contribution < -0.4 is 4.90 Å². The number of piperidine rings is 1. The van der Waals surface area contributed by atoms with E-state index in [-0.39, 0.29) is 0 Å². The van der Waals surface area contributed by atoms with Crippen molar-refractivity contribution in [2.75, 3.05) is 18.0 Å². The standard InChI is InChI=1S/C12H14BrNO/c13-12-8-11(5-4-10(12)9-15)14-6-2-1-3-7-14/h4-5,8-9H,1-3,6-7H2. The van der Waals surface area contributed by atoms with Gasteiger partial charge in [-0.1, -0.05) is 0 Å². The second-order valence-corrected chi connectivity index (χ2v) is 4.73. The third kappa shape index (κ3) is 2.40. The average Bonchev–Trinajstić information content (AvgIpc) is 2.30. The van der Waals surface area contributed by atoms with Gasteiger partial charge in [-0.15, -0.1) is 0 Å². The maximum absolute atomic E-state index is 10.7. The van der Waals surface area contributed by atoms with Crippen LogP contribution in [0.5, 0.6) is 0 Å². The summed E-state index contributed by atoms with van der Waals surface area (Å²) in [5, 5.41) is 0. The summed E-state index contributed by atoms with van der Waals surface area (Å²) in [7, 11) is 0. The number of hydrogen-bond acceptors (Lipinski definition) is 2. The molecule has 0 radical (unpaired) electrons. The molecular formula is C12H14BrNO. The third-order valence-corrected chi connectivity index (χ3v) is 3.52. The Kier molecular flexibility index (Phi) is 3.41. The zero-order valence-corrected chi connectivity index (χ0v) is 10.2. The van der Waals surface area contributed by atoms with E-state index in [1.807, 2.05) is 18.2 Å². The molecule has 0 amide bonds. The van der Waals surface area contributed by atoms with Crippen LogP contribution >= 0.6 is 15.9 Å². The molecule has 0 aromatic heterocycles. The number of carbonyl (C=O) groups excluding carboxylic acids is 1. The Bertz CT molecular complexity index is 359. The van der Waals surface area contributed by atoms with Crippen LogP contribution in [-0.2, 0) is 0 Å². The second kappa shape index (κ2) is 4.79. The molecular weight excluding hydrogens is 254 g/mol. The molecule has 0 saturated carbocycles. The lowest BCUT2D eigenvalue weighted by Gasteiger charge is -2.29. The fraction of sp³-hybridized carbons (Fsp3) is 0.417. The molecule has 0 atom stereocenters. The normalized spacial score (nSPS) is 16.5. The SMILES string of the molecule is O=Cc1ccc(N2CCCCC2)cc1Br. The van der Waals surface area contributed by atoms with E-state index in [1.165, 1.54) is 24.9 Å². The molecule has 1 heterocycles. The molecule has 0 bridgehead atoms. The minimum absolute atomic E-state index is 0.718. The molecule has 2 nitrogen and oxygen atoms in total. The number of benzene rings is 1. The summed E-state index contributed by atoms with van der Waals surface area (Å²) in [6.45, 7) is 2.26. The Morgan fingerprint density at radius 2 is 1.93 bits per heavy atom. The lowest BCUT2D eigenvalue weighted by atomic mass is 10.1. The van der Waals surface area contributed by atoms with Crippen LogP contribution in [0.3, 0.4) is 0 Å². The molecule has 1 saturated heterocycles. The van der Waals surface area contributed by atoms with Crippen LogP contribution in [0.2, 0.25) is 0 Å². The summed E-state index contributed by atoms with van der Waals surface area (Å²) in [6, 6.07) is 5.94. The van der Waals surface area contributed by atoms with Gasteiger partial charge in [-0.05, 0) is 53.4 Å². The van der Waals surface area contributed by atoms with E-state index >= 15 is 0 Å². The van der Waals surface area contributed by atoms with E-state index in [9.17, 15) is 4.79 Å². The maximum atomic E-state index is 10.7. The number of hydrogen-bond donors (Lipinski definition) is 0. The fourth-order valence-electron chi connectivity index (χ4n) is 1.96. The van der Waals surface area contributed by atoms with Crippen LogP contribution in [0.1, 0.15) is 29.6 Å². The smallest absolute Gasteiger partial charge is 0.151 e. The zero-order valence-electron chi connectivity index (χ0n) is 8.58. The van der Waals surface area contributed by atoms with Gasteiger partial charge in [-0.2, -0.15) is 0 Å². The van der Waals surface area contributed by atoms with Gasteiger partial charge in [0.25, 0.3) is 0 Å². The summed E-state index contributed by atoms with van der Waals surface area (Å²) >= 11 is 3.42. The van der Waals surface area contributed by atoms with Crippen molar-refractivity contribution < 1.29 is 4.79 Å². The summed E-state index contributed by atoms with van der Waals surface area (Å²) in [5.41, 5.74) is 1.93. The van der Waals surface area contributed by atoms with Crippen LogP contribution in [-0.4, -0.2) is 19.4 Å². The molecule has 0 N–H and O–H groups in total. The minimum atomic E-state index is 0.718. The van der Waals surface area contributed by atoms with Crippen molar-refractivity contribution in [3.05, 3.63) is 28.2 Å². The molecule has 1 aliphatic heterocycles. The third-order valence-electron chi connectivity index (χ3n) is 2.83. The van der Waals surface area contributed by atoms with Crippen LogP contribution in [0.4, 0.5) is 5.69 Å². The van der Waals surface area contributed by atoms with Gasteiger partial charge in [-0.3, -0.25) is 4.79 Å². The predicted molar refractivity (Wildman–Crippen MR) is 65.6 cm³/mol. The number of carbonyl (C=O) groups is 1. The molecule has 1 aliphatic rings. The molecule has 1 aromatic carbocycles. The lowest BCUT2D eigenvalue weighted by Crippen LogP contribution is -2.29. The van der Waals surface area contributed by atoms with Gasteiger partial charge >= 0.3 is 0 Å². The Labute approximate surface area is 98.4 Å². The molecule has 1 fully saturated rings. The molecule has 80 valence electrons. The summed E-state index contributed by atoms with van der Waals surface area (Å²) in [6.07, 6.45) is 4.76. The Balaban J connectivity index is 2.21. The molecule has 0 spiro atoms. The first-order chi connectivity index (χ1) is 7.31. The van der Waals surface area contributed by atoms with Crippen molar-refractivity contribution in [3.8, 4) is 0 Å². The van der Waals surface area contributed by atoms with Gasteiger partial charge in [-0.25, -0.2) is 0 Å². The zero-order chi connectivity index (χ0) is 10.7. The molecule has 1 aromatic rings. The second-order valence-electron chi connectivity index (χ2n) is 3.87. The van der Waals surface area contributed by atoms with E-state index in [2.05, 4.69) is 20.8 Å². The van der Waals surface area contributed by atoms with Gasteiger partial charge < -0.3 is 4.90 Å². The molecule has 15 heavy (non-hydrogen) atoms. The summed E-state index contributed by atoms with van der Waals surface area (Å²) in [4.78, 5) is 13.0. The van der Waals surface area contributed by atoms with Gasteiger partial charge in [0.05, 0.1) is 0 Å². The van der Waals surface area contributed by atoms with E-state index in [4.69, 9.17) is 0 Å². The van der Waals surface area contributed by atoms with Crippen LogP contribution in [0.15, 0.2) is 22.7 Å². The van der Waals surface area contributed by atoms with Crippen LogP contribution in [0.25, 0.3) is 0 Å². The highest BCUT2D eigenvalue weighted by atomic mass is 79.9. The minimum Gasteiger partial charge on any atom is -0.372 e. The largest absolute Gasteiger partial charge is 0.372 e. The Morgan fingerprint density at radius 3 is 2.53 bits per heavy atom. The van der Waals surface area contributed by atoms with Gasteiger partial charge in [0, 0.05) is 28.8 Å². The first kappa shape index (κ1) is 10.7. The number of aldehydes is 1. The van der Waals surface area contributed by atoms with Crippen molar-refractivity contribution >= 4 is 27.9 Å². The van der Waals surface area contributed by atoms with Gasteiger partial charge in [0.1, 0.15) is 0 Å². The Hall–Kier alpha value is -0.830.